The Kier molecular flexibility index (Phi) is 4.35. The highest BCUT2D eigenvalue weighted by molar-refractivity contribution is 8.93. The number of hydrogen-bond acceptors (Lipinski definition) is 5. The number of nitrogens with one attached hydrogen (secondary N) is 2. The lowest BCUT2D eigenvalue weighted by molar-refractivity contribution is 0.440. The van der Waals surface area contributed by atoms with Gasteiger partial charge in [-0.25, -0.2) is 4.79 Å². The number of nitrogens with two attached hydrogens (primary N) is 1. The van der Waals surface area contributed by atoms with Gasteiger partial charge >= 0.3 is 5.69 Å². The van der Waals surface area contributed by atoms with E-state index in [9.17, 15) is 9.59 Å². The van der Waals surface area contributed by atoms with Gasteiger partial charge in [-0.3, -0.25) is 14.8 Å². The molecule has 0 fully saturated rings. The highest BCUT2D eigenvalue weighted by Gasteiger charge is 2.16. The largest absolute Gasteiger partial charge is 0.370 e. The molecule has 94 valence electrons. The summed E-state index contributed by atoms with van der Waals surface area (Å²) in [5.41, 5.74) is 4.77. The molecular formula is C8H11BrClN5O2. The minimum atomic E-state index is -0.602. The number of rotatable bonds is 2. The van der Waals surface area contributed by atoms with E-state index in [2.05, 4.69) is 9.98 Å². The average Bonchev–Trinajstić information content (AvgIpc) is 2.60. The molecule has 1 aliphatic rings. The van der Waals surface area contributed by atoms with Crippen LogP contribution in [0.5, 0.6) is 0 Å². The van der Waals surface area contributed by atoms with Gasteiger partial charge in [-0.15, -0.1) is 17.0 Å². The molecule has 0 saturated heterocycles. The van der Waals surface area contributed by atoms with Gasteiger partial charge in [0.15, 0.2) is 5.96 Å². The highest BCUT2D eigenvalue weighted by atomic mass is 79.9. The summed E-state index contributed by atoms with van der Waals surface area (Å²) in [5.74, 6) is 0.386. The van der Waals surface area contributed by atoms with Gasteiger partial charge in [0.05, 0.1) is 18.8 Å². The summed E-state index contributed by atoms with van der Waals surface area (Å²) in [7, 11) is 0. The van der Waals surface area contributed by atoms with Crippen molar-refractivity contribution in [3.05, 3.63) is 31.6 Å². The van der Waals surface area contributed by atoms with Crippen LogP contribution in [0.1, 0.15) is 5.69 Å². The Morgan fingerprint density at radius 2 is 2.12 bits per heavy atom. The summed E-state index contributed by atoms with van der Waals surface area (Å²) in [6.45, 7) is 1.53. The fourth-order valence-electron chi connectivity index (χ4n) is 1.48. The zero-order valence-corrected chi connectivity index (χ0v) is 11.2. The number of nitrogens with zero attached hydrogens (tertiary/aromatic N) is 2. The fraction of sp³-hybridized carbons (Fsp3) is 0.375. The van der Waals surface area contributed by atoms with Crippen LogP contribution in [-0.4, -0.2) is 33.9 Å². The van der Waals surface area contributed by atoms with Crippen molar-refractivity contribution in [2.45, 2.75) is 6.54 Å². The first-order chi connectivity index (χ1) is 7.58. The van der Waals surface area contributed by atoms with Crippen molar-refractivity contribution in [1.29, 1.82) is 0 Å². The van der Waals surface area contributed by atoms with Crippen LogP contribution in [0.15, 0.2) is 14.6 Å². The highest BCUT2D eigenvalue weighted by Crippen LogP contribution is 2.10. The van der Waals surface area contributed by atoms with Gasteiger partial charge < -0.3 is 15.6 Å². The standard InChI is InChI=1S/C8H10ClN5O2.BrH/c9-5-4(12-8(16)13-6(5)15)3-14-2-1-11-7(14)10;/h1-3H2,(H2,10,11)(H2,12,13,15,16);1H. The summed E-state index contributed by atoms with van der Waals surface area (Å²) in [4.78, 5) is 32.5. The van der Waals surface area contributed by atoms with Gasteiger partial charge in [-0.1, -0.05) is 11.6 Å². The van der Waals surface area contributed by atoms with E-state index < -0.39 is 11.2 Å². The lowest BCUT2D eigenvalue weighted by Crippen LogP contribution is -2.35. The van der Waals surface area contributed by atoms with Gasteiger partial charge in [-0.2, -0.15) is 0 Å². The average molecular weight is 325 g/mol. The second-order valence-corrected chi connectivity index (χ2v) is 3.74. The summed E-state index contributed by atoms with van der Waals surface area (Å²) < 4.78 is 0. The molecule has 7 nitrogen and oxygen atoms in total. The Bertz CT molecular complexity index is 552. The molecule has 4 N–H and O–H groups in total. The molecule has 0 radical (unpaired) electrons. The summed E-state index contributed by atoms with van der Waals surface area (Å²) in [6.07, 6.45) is 0. The predicted octanol–water partition coefficient (Wildman–Crippen LogP) is -0.575. The van der Waals surface area contributed by atoms with E-state index in [1.165, 1.54) is 0 Å². The minimum Gasteiger partial charge on any atom is -0.370 e. The molecule has 0 aliphatic carbocycles. The third-order valence-corrected chi connectivity index (χ3v) is 2.67. The van der Waals surface area contributed by atoms with Crippen molar-refractivity contribution in [2.75, 3.05) is 13.1 Å². The molecule has 17 heavy (non-hydrogen) atoms. The van der Waals surface area contributed by atoms with Crippen LogP contribution >= 0.6 is 28.6 Å². The Balaban J connectivity index is 0.00000144. The van der Waals surface area contributed by atoms with Crippen molar-refractivity contribution in [2.24, 2.45) is 10.7 Å². The van der Waals surface area contributed by atoms with Crippen molar-refractivity contribution in [3.63, 3.8) is 0 Å². The monoisotopic (exact) mass is 323 g/mol. The van der Waals surface area contributed by atoms with Crippen LogP contribution in [0, 0.1) is 0 Å². The minimum absolute atomic E-state index is 0. The van der Waals surface area contributed by atoms with Gasteiger partial charge in [0.2, 0.25) is 0 Å². The maximum atomic E-state index is 11.2. The molecule has 0 aromatic carbocycles. The van der Waals surface area contributed by atoms with Crippen molar-refractivity contribution < 1.29 is 0 Å². The van der Waals surface area contributed by atoms with Gasteiger partial charge in [0.25, 0.3) is 5.56 Å². The first-order valence-corrected chi connectivity index (χ1v) is 5.01. The summed E-state index contributed by atoms with van der Waals surface area (Å²) in [6, 6.07) is 0. The number of guanidine groups is 1. The number of hydrogen-bond donors (Lipinski definition) is 3. The van der Waals surface area contributed by atoms with Gasteiger partial charge in [-0.05, 0) is 0 Å². The molecule has 1 aromatic rings. The molecule has 2 heterocycles. The van der Waals surface area contributed by atoms with E-state index >= 15 is 0 Å². The molecule has 9 heteroatoms. The number of aliphatic imine (C=N–C) groups is 1. The topological polar surface area (TPSA) is 107 Å². The van der Waals surface area contributed by atoms with Gasteiger partial charge in [0, 0.05) is 6.54 Å². The Morgan fingerprint density at radius 1 is 1.41 bits per heavy atom. The molecule has 0 atom stereocenters. The Morgan fingerprint density at radius 3 is 2.71 bits per heavy atom. The van der Waals surface area contributed by atoms with Crippen LogP contribution in [-0.2, 0) is 6.54 Å². The van der Waals surface area contributed by atoms with E-state index in [0.717, 1.165) is 0 Å². The molecule has 0 unspecified atom stereocenters. The second kappa shape index (κ2) is 5.37. The van der Waals surface area contributed by atoms with Crippen molar-refractivity contribution >= 4 is 34.5 Å². The zero-order valence-electron chi connectivity index (χ0n) is 8.70. The molecule has 0 saturated carbocycles. The van der Waals surface area contributed by atoms with Crippen molar-refractivity contribution in [1.82, 2.24) is 14.9 Å². The SMILES string of the molecule is Br.NC1=NCCN1Cc1[nH]c(=O)[nH]c(=O)c1Cl. The zero-order chi connectivity index (χ0) is 11.7. The Labute approximate surface area is 111 Å². The molecular weight excluding hydrogens is 313 g/mol. The summed E-state index contributed by atoms with van der Waals surface area (Å²) >= 11 is 5.77. The van der Waals surface area contributed by atoms with Gasteiger partial charge in [0.1, 0.15) is 5.02 Å². The van der Waals surface area contributed by atoms with E-state index in [1.807, 2.05) is 4.98 Å². The van der Waals surface area contributed by atoms with E-state index in [4.69, 9.17) is 17.3 Å². The Hall–Kier alpha value is -1.28. The third-order valence-electron chi connectivity index (χ3n) is 2.27. The second-order valence-electron chi connectivity index (χ2n) is 3.36. The predicted molar refractivity (Wildman–Crippen MR) is 69.9 cm³/mol. The fourth-order valence-corrected chi connectivity index (χ4v) is 1.63. The lowest BCUT2D eigenvalue weighted by Gasteiger charge is -2.17. The third kappa shape index (κ3) is 2.89. The maximum absolute atomic E-state index is 11.2. The van der Waals surface area contributed by atoms with Crippen LogP contribution in [0.25, 0.3) is 0 Å². The molecule has 0 amide bonds. The van der Waals surface area contributed by atoms with Crippen LogP contribution in [0.3, 0.4) is 0 Å². The molecule has 1 aromatic heterocycles. The number of aromatic nitrogens is 2. The molecule has 2 rings (SSSR count). The molecule has 1 aliphatic heterocycles. The lowest BCUT2D eigenvalue weighted by atomic mass is 10.3. The first kappa shape index (κ1) is 13.8. The molecule has 0 bridgehead atoms. The van der Waals surface area contributed by atoms with E-state index in [-0.39, 0.29) is 28.5 Å². The number of halogens is 2. The first-order valence-electron chi connectivity index (χ1n) is 4.64. The van der Waals surface area contributed by atoms with E-state index in [1.54, 1.807) is 4.90 Å². The maximum Gasteiger partial charge on any atom is 0.326 e. The number of H-pyrrole nitrogens is 2. The van der Waals surface area contributed by atoms with Crippen LogP contribution in [0.2, 0.25) is 5.02 Å². The van der Waals surface area contributed by atoms with Crippen molar-refractivity contribution in [3.8, 4) is 0 Å². The smallest absolute Gasteiger partial charge is 0.326 e. The molecule has 0 spiro atoms. The van der Waals surface area contributed by atoms with Crippen LogP contribution < -0.4 is 17.0 Å². The summed E-state index contributed by atoms with van der Waals surface area (Å²) in [5, 5.41) is -0.0284. The van der Waals surface area contributed by atoms with Crippen LogP contribution in [0.4, 0.5) is 0 Å². The number of aromatic amines is 2. The van der Waals surface area contributed by atoms with E-state index in [0.29, 0.717) is 24.7 Å². The normalized spacial score (nSPS) is 14.4. The quantitative estimate of drug-likeness (QED) is 0.677.